The van der Waals surface area contributed by atoms with Crippen LogP contribution in [0.1, 0.15) is 42.0 Å². The number of amides is 2. The quantitative estimate of drug-likeness (QED) is 0.526. The standard InChI is InChI=1S/C24H26ClFN4O2/c1-4-15(2)22(29-23(31)18-6-8-19(25)9-7-18)24(32)28-14-17-5-10-21(20(26)13-17)30-12-11-27-16(30)3/h5-13,15,22H,4,14H2,1-3H3,(H,28,32)(H,29,31). The third kappa shape index (κ3) is 5.53. The lowest BCUT2D eigenvalue weighted by Gasteiger charge is -2.23. The van der Waals surface area contributed by atoms with Crippen molar-refractivity contribution in [2.24, 2.45) is 5.92 Å². The van der Waals surface area contributed by atoms with E-state index in [1.54, 1.807) is 60.3 Å². The molecule has 2 aromatic carbocycles. The average Bonchev–Trinajstić information content (AvgIpc) is 3.21. The molecule has 2 unspecified atom stereocenters. The molecule has 0 saturated carbocycles. The largest absolute Gasteiger partial charge is 0.350 e. The van der Waals surface area contributed by atoms with Crippen LogP contribution in [0.2, 0.25) is 5.02 Å². The molecule has 0 bridgehead atoms. The molecule has 32 heavy (non-hydrogen) atoms. The molecule has 0 radical (unpaired) electrons. The van der Waals surface area contributed by atoms with E-state index in [9.17, 15) is 14.0 Å². The minimum atomic E-state index is -0.721. The lowest BCUT2D eigenvalue weighted by Crippen LogP contribution is -2.50. The van der Waals surface area contributed by atoms with Crippen LogP contribution < -0.4 is 10.6 Å². The smallest absolute Gasteiger partial charge is 0.251 e. The molecule has 3 aromatic rings. The van der Waals surface area contributed by atoms with Crippen LogP contribution in [0.3, 0.4) is 0 Å². The number of aromatic nitrogens is 2. The van der Waals surface area contributed by atoms with E-state index in [-0.39, 0.29) is 24.3 Å². The van der Waals surface area contributed by atoms with Crippen LogP contribution >= 0.6 is 11.6 Å². The highest BCUT2D eigenvalue weighted by Gasteiger charge is 2.26. The van der Waals surface area contributed by atoms with Crippen molar-refractivity contribution in [1.82, 2.24) is 20.2 Å². The molecule has 2 N–H and O–H groups in total. The highest BCUT2D eigenvalue weighted by Crippen LogP contribution is 2.17. The number of rotatable bonds is 8. The monoisotopic (exact) mass is 456 g/mol. The Balaban J connectivity index is 1.67. The third-order valence-corrected chi connectivity index (χ3v) is 5.70. The zero-order valence-corrected chi connectivity index (χ0v) is 19.0. The molecule has 2 atom stereocenters. The maximum atomic E-state index is 14.6. The SMILES string of the molecule is CCC(C)C(NC(=O)c1ccc(Cl)cc1)C(=O)NCc1ccc(-n2ccnc2C)c(F)c1. The topological polar surface area (TPSA) is 76.0 Å². The number of imidazole rings is 1. The van der Waals surface area contributed by atoms with E-state index in [2.05, 4.69) is 15.6 Å². The highest BCUT2D eigenvalue weighted by molar-refractivity contribution is 6.30. The molecule has 0 aliphatic heterocycles. The summed E-state index contributed by atoms with van der Waals surface area (Å²) in [6, 6.07) is 10.5. The number of hydrogen-bond donors (Lipinski definition) is 2. The number of hydrogen-bond acceptors (Lipinski definition) is 3. The predicted octanol–water partition coefficient (Wildman–Crippen LogP) is 4.43. The van der Waals surface area contributed by atoms with Gasteiger partial charge < -0.3 is 15.2 Å². The molecular formula is C24H26ClFN4O2. The van der Waals surface area contributed by atoms with Crippen molar-refractivity contribution >= 4 is 23.4 Å². The number of carbonyl (C=O) groups is 2. The maximum Gasteiger partial charge on any atom is 0.251 e. The summed E-state index contributed by atoms with van der Waals surface area (Å²) in [5.41, 5.74) is 1.43. The van der Waals surface area contributed by atoms with E-state index in [4.69, 9.17) is 11.6 Å². The van der Waals surface area contributed by atoms with Gasteiger partial charge in [0.05, 0.1) is 5.69 Å². The van der Waals surface area contributed by atoms with Crippen molar-refractivity contribution < 1.29 is 14.0 Å². The zero-order valence-electron chi connectivity index (χ0n) is 18.2. The normalized spacial score (nSPS) is 12.8. The molecule has 1 heterocycles. The molecule has 1 aromatic heterocycles. The Morgan fingerprint density at radius 1 is 1.19 bits per heavy atom. The molecule has 0 spiro atoms. The number of nitrogens with zero attached hydrogens (tertiary/aromatic N) is 2. The zero-order chi connectivity index (χ0) is 23.3. The summed E-state index contributed by atoms with van der Waals surface area (Å²) in [4.78, 5) is 29.6. The first-order chi connectivity index (χ1) is 15.3. The molecule has 168 valence electrons. The summed E-state index contributed by atoms with van der Waals surface area (Å²) < 4.78 is 16.3. The molecule has 0 fully saturated rings. The first kappa shape index (κ1) is 23.5. The van der Waals surface area contributed by atoms with Gasteiger partial charge in [-0.25, -0.2) is 9.37 Å². The van der Waals surface area contributed by atoms with E-state index in [0.29, 0.717) is 34.1 Å². The van der Waals surface area contributed by atoms with Gasteiger partial charge in [0, 0.05) is 29.5 Å². The van der Waals surface area contributed by atoms with Gasteiger partial charge in [-0.3, -0.25) is 9.59 Å². The lowest BCUT2D eigenvalue weighted by molar-refractivity contribution is -0.124. The fourth-order valence-corrected chi connectivity index (χ4v) is 3.44. The van der Waals surface area contributed by atoms with Gasteiger partial charge >= 0.3 is 0 Å². The van der Waals surface area contributed by atoms with E-state index in [1.165, 1.54) is 6.07 Å². The second kappa shape index (κ2) is 10.4. The molecule has 8 heteroatoms. The van der Waals surface area contributed by atoms with Crippen molar-refractivity contribution in [3.8, 4) is 5.69 Å². The summed E-state index contributed by atoms with van der Waals surface area (Å²) in [7, 11) is 0. The van der Waals surface area contributed by atoms with Crippen molar-refractivity contribution in [1.29, 1.82) is 0 Å². The lowest BCUT2D eigenvalue weighted by atomic mass is 9.97. The molecular weight excluding hydrogens is 431 g/mol. The van der Waals surface area contributed by atoms with Gasteiger partial charge in [0.2, 0.25) is 5.91 Å². The van der Waals surface area contributed by atoms with Crippen LogP contribution in [0.4, 0.5) is 4.39 Å². The van der Waals surface area contributed by atoms with Gasteiger partial charge in [0.15, 0.2) is 0 Å². The fraction of sp³-hybridized carbons (Fsp3) is 0.292. The van der Waals surface area contributed by atoms with Gasteiger partial charge in [0.1, 0.15) is 17.7 Å². The number of aryl methyl sites for hydroxylation is 1. The number of halogens is 2. The number of nitrogens with one attached hydrogen (secondary N) is 2. The molecule has 6 nitrogen and oxygen atoms in total. The molecule has 3 rings (SSSR count). The Morgan fingerprint density at radius 3 is 2.50 bits per heavy atom. The summed E-state index contributed by atoms with van der Waals surface area (Å²) >= 11 is 5.88. The van der Waals surface area contributed by atoms with E-state index in [1.807, 2.05) is 13.8 Å². The second-order valence-electron chi connectivity index (χ2n) is 7.69. The van der Waals surface area contributed by atoms with Gasteiger partial charge in [0.25, 0.3) is 5.91 Å². The van der Waals surface area contributed by atoms with Crippen LogP contribution in [-0.4, -0.2) is 27.4 Å². The first-order valence-electron chi connectivity index (χ1n) is 10.4. The molecule has 0 saturated heterocycles. The first-order valence-corrected chi connectivity index (χ1v) is 10.8. The number of benzene rings is 2. The second-order valence-corrected chi connectivity index (χ2v) is 8.13. The Hall–Kier alpha value is -3.19. The van der Waals surface area contributed by atoms with E-state index in [0.717, 1.165) is 0 Å². The van der Waals surface area contributed by atoms with Crippen LogP contribution in [-0.2, 0) is 11.3 Å². The van der Waals surface area contributed by atoms with E-state index >= 15 is 0 Å². The summed E-state index contributed by atoms with van der Waals surface area (Å²) in [6.45, 7) is 5.78. The van der Waals surface area contributed by atoms with Crippen molar-refractivity contribution in [2.75, 3.05) is 0 Å². The Kier molecular flexibility index (Phi) is 7.64. The Morgan fingerprint density at radius 2 is 1.91 bits per heavy atom. The van der Waals surface area contributed by atoms with Crippen molar-refractivity contribution in [2.45, 2.75) is 39.8 Å². The van der Waals surface area contributed by atoms with Gasteiger partial charge in [-0.1, -0.05) is 37.9 Å². The van der Waals surface area contributed by atoms with Crippen molar-refractivity contribution in [3.05, 3.63) is 82.6 Å². The summed E-state index contributed by atoms with van der Waals surface area (Å²) in [5.74, 6) is -0.496. The predicted molar refractivity (Wildman–Crippen MR) is 122 cm³/mol. The minimum Gasteiger partial charge on any atom is -0.350 e. The summed E-state index contributed by atoms with van der Waals surface area (Å²) in [6.07, 6.45) is 4.00. The maximum absolute atomic E-state index is 14.6. The van der Waals surface area contributed by atoms with Crippen LogP contribution in [0, 0.1) is 18.7 Å². The average molecular weight is 457 g/mol. The summed E-state index contributed by atoms with van der Waals surface area (Å²) in [5, 5.41) is 6.15. The van der Waals surface area contributed by atoms with E-state index < -0.39 is 11.9 Å². The molecule has 0 aliphatic carbocycles. The fourth-order valence-electron chi connectivity index (χ4n) is 3.32. The Labute approximate surface area is 191 Å². The highest BCUT2D eigenvalue weighted by atomic mass is 35.5. The van der Waals surface area contributed by atoms with Gasteiger partial charge in [-0.2, -0.15) is 0 Å². The van der Waals surface area contributed by atoms with Gasteiger partial charge in [-0.05, 0) is 54.8 Å². The molecule has 0 aliphatic rings. The third-order valence-electron chi connectivity index (χ3n) is 5.45. The van der Waals surface area contributed by atoms with Crippen LogP contribution in [0.5, 0.6) is 0 Å². The Bertz CT molecular complexity index is 1100. The van der Waals surface area contributed by atoms with Crippen LogP contribution in [0.25, 0.3) is 5.69 Å². The molecule has 2 amide bonds. The van der Waals surface area contributed by atoms with Crippen LogP contribution in [0.15, 0.2) is 54.9 Å². The number of carbonyl (C=O) groups excluding carboxylic acids is 2. The minimum absolute atomic E-state index is 0.0884. The van der Waals surface area contributed by atoms with Gasteiger partial charge in [-0.15, -0.1) is 0 Å². The van der Waals surface area contributed by atoms with Crippen molar-refractivity contribution in [3.63, 3.8) is 0 Å².